The number of aryl methyl sites for hydroxylation is 1. The molecule has 0 aliphatic carbocycles. The molecule has 1 aromatic carbocycles. The topological polar surface area (TPSA) is 52.3 Å². The van der Waals surface area contributed by atoms with Gasteiger partial charge in [0.25, 0.3) is 0 Å². The molecule has 0 aliphatic heterocycles. The van der Waals surface area contributed by atoms with Crippen LogP contribution in [0.5, 0.6) is 5.75 Å². The van der Waals surface area contributed by atoms with Gasteiger partial charge in [0.2, 0.25) is 0 Å². The monoisotopic (exact) mass is 326 g/mol. The molecule has 3 rings (SSSR count). The molecule has 0 spiro atoms. The van der Waals surface area contributed by atoms with E-state index < -0.39 is 13.0 Å². The Morgan fingerprint density at radius 2 is 1.83 bits per heavy atom. The average molecular weight is 326 g/mol. The molecule has 0 atom stereocenters. The Kier molecular flexibility index (Phi) is 3.85. The van der Waals surface area contributed by atoms with E-state index >= 15 is 0 Å². The van der Waals surface area contributed by atoms with E-state index in [1.807, 2.05) is 0 Å². The van der Waals surface area contributed by atoms with Crippen LogP contribution in [0.3, 0.4) is 0 Å². The van der Waals surface area contributed by atoms with Gasteiger partial charge in [-0.2, -0.15) is 0 Å². The second kappa shape index (κ2) is 5.82. The lowest BCUT2D eigenvalue weighted by Gasteiger charge is -2.09. The van der Waals surface area contributed by atoms with Crippen molar-refractivity contribution in [3.05, 3.63) is 42.5 Å². The van der Waals surface area contributed by atoms with E-state index in [0.717, 1.165) is 0 Å². The van der Waals surface area contributed by atoms with E-state index in [4.69, 9.17) is 0 Å². The largest absolute Gasteiger partial charge is 0.573 e. The number of alkyl halides is 4. The predicted octanol–water partition coefficient (Wildman–Crippen LogP) is 3.20. The molecule has 0 N–H and O–H groups in total. The molecule has 0 aliphatic rings. The molecule has 2 heterocycles. The fourth-order valence-electron chi connectivity index (χ4n) is 2.08. The van der Waals surface area contributed by atoms with Gasteiger partial charge < -0.3 is 4.74 Å². The Morgan fingerprint density at radius 3 is 2.48 bits per heavy atom. The number of hydrogen-bond acceptors (Lipinski definition) is 4. The summed E-state index contributed by atoms with van der Waals surface area (Å²) in [7, 11) is 0. The predicted molar refractivity (Wildman–Crippen MR) is 72.6 cm³/mol. The van der Waals surface area contributed by atoms with Crippen LogP contribution < -0.4 is 4.74 Å². The molecule has 5 nitrogen and oxygen atoms in total. The van der Waals surface area contributed by atoms with E-state index in [1.165, 1.54) is 30.5 Å². The van der Waals surface area contributed by atoms with Crippen molar-refractivity contribution in [1.29, 1.82) is 0 Å². The third-order valence-electron chi connectivity index (χ3n) is 3.07. The standard InChI is InChI=1S/C14H10F4N4O/c15-6-5-12-20-21-13-7-19-11(8-22(12)13)9-1-3-10(4-2-9)23-14(16,17)18/h1-4,7-8H,5-6H2. The molecule has 9 heteroatoms. The van der Waals surface area contributed by atoms with Crippen molar-refractivity contribution in [3.63, 3.8) is 0 Å². The normalized spacial score (nSPS) is 11.8. The number of benzene rings is 1. The van der Waals surface area contributed by atoms with Crippen molar-refractivity contribution in [2.24, 2.45) is 0 Å². The molecule has 0 bridgehead atoms. The van der Waals surface area contributed by atoms with Crippen LogP contribution in [0.4, 0.5) is 17.6 Å². The molecule has 120 valence electrons. The summed E-state index contributed by atoms with van der Waals surface area (Å²) >= 11 is 0. The third kappa shape index (κ3) is 3.38. The maximum absolute atomic E-state index is 12.5. The zero-order chi connectivity index (χ0) is 16.4. The number of aromatic nitrogens is 4. The molecule has 0 saturated heterocycles. The first-order chi connectivity index (χ1) is 11.0. The van der Waals surface area contributed by atoms with Crippen molar-refractivity contribution in [2.75, 3.05) is 6.67 Å². The quantitative estimate of drug-likeness (QED) is 0.691. The van der Waals surface area contributed by atoms with Crippen molar-refractivity contribution in [2.45, 2.75) is 12.8 Å². The molecule has 3 aromatic rings. The zero-order valence-corrected chi connectivity index (χ0v) is 11.6. The van der Waals surface area contributed by atoms with Crippen LogP contribution in [-0.2, 0) is 6.42 Å². The minimum absolute atomic E-state index is 0.114. The van der Waals surface area contributed by atoms with Gasteiger partial charge in [-0.3, -0.25) is 13.8 Å². The second-order valence-electron chi connectivity index (χ2n) is 4.63. The smallest absolute Gasteiger partial charge is 0.406 e. The lowest BCUT2D eigenvalue weighted by Crippen LogP contribution is -2.16. The van der Waals surface area contributed by atoms with Crippen LogP contribution in [0.2, 0.25) is 0 Å². The van der Waals surface area contributed by atoms with Crippen LogP contribution in [0, 0.1) is 0 Å². The van der Waals surface area contributed by atoms with Gasteiger partial charge in [0.1, 0.15) is 11.6 Å². The van der Waals surface area contributed by atoms with Crippen LogP contribution >= 0.6 is 0 Å². The number of halogens is 4. The number of nitrogens with zero attached hydrogens (tertiary/aromatic N) is 4. The molecule has 0 unspecified atom stereocenters. The summed E-state index contributed by atoms with van der Waals surface area (Å²) in [5.74, 6) is 0.132. The lowest BCUT2D eigenvalue weighted by molar-refractivity contribution is -0.274. The summed E-state index contributed by atoms with van der Waals surface area (Å²) in [4.78, 5) is 4.17. The first kappa shape index (κ1) is 15.2. The Labute approximate surface area is 127 Å². The maximum atomic E-state index is 12.5. The number of fused-ring (bicyclic) bond motifs is 1. The molecule has 0 radical (unpaired) electrons. The van der Waals surface area contributed by atoms with E-state index in [9.17, 15) is 17.6 Å². The number of ether oxygens (including phenoxy) is 1. The van der Waals surface area contributed by atoms with E-state index in [-0.39, 0.29) is 12.2 Å². The first-order valence-electron chi connectivity index (χ1n) is 6.58. The SMILES string of the molecule is FCCc1nnc2cnc(-c3ccc(OC(F)(F)F)cc3)cn12. The fourth-order valence-corrected chi connectivity index (χ4v) is 2.08. The van der Waals surface area contributed by atoms with Crippen LogP contribution in [0.25, 0.3) is 16.9 Å². The molecule has 0 fully saturated rings. The highest BCUT2D eigenvalue weighted by Crippen LogP contribution is 2.25. The van der Waals surface area contributed by atoms with Crippen molar-refractivity contribution in [3.8, 4) is 17.0 Å². The van der Waals surface area contributed by atoms with Crippen LogP contribution in [0.1, 0.15) is 5.82 Å². The van der Waals surface area contributed by atoms with E-state index in [0.29, 0.717) is 22.7 Å². The number of rotatable bonds is 4. The summed E-state index contributed by atoms with van der Waals surface area (Å²) in [6.45, 7) is -0.568. The van der Waals surface area contributed by atoms with Gasteiger partial charge >= 0.3 is 6.36 Å². The minimum atomic E-state index is -4.73. The van der Waals surface area contributed by atoms with E-state index in [2.05, 4.69) is 19.9 Å². The Balaban J connectivity index is 1.91. The van der Waals surface area contributed by atoms with Gasteiger partial charge in [-0.1, -0.05) is 0 Å². The van der Waals surface area contributed by atoms with Crippen molar-refractivity contribution < 1.29 is 22.3 Å². The molecule has 0 amide bonds. The summed E-state index contributed by atoms with van der Waals surface area (Å²) in [5, 5.41) is 7.73. The summed E-state index contributed by atoms with van der Waals surface area (Å²) < 4.78 is 54.3. The molecule has 23 heavy (non-hydrogen) atoms. The Hall–Kier alpha value is -2.71. The third-order valence-corrected chi connectivity index (χ3v) is 3.07. The Bertz CT molecular complexity index is 814. The van der Waals surface area contributed by atoms with Crippen LogP contribution in [-0.4, -0.2) is 32.6 Å². The second-order valence-corrected chi connectivity index (χ2v) is 4.63. The highest BCUT2D eigenvalue weighted by Gasteiger charge is 2.30. The zero-order valence-electron chi connectivity index (χ0n) is 11.6. The molecular weight excluding hydrogens is 316 g/mol. The number of hydrogen-bond donors (Lipinski definition) is 0. The molecule has 2 aromatic heterocycles. The summed E-state index contributed by atoms with van der Waals surface area (Å²) in [5.41, 5.74) is 1.55. The first-order valence-corrected chi connectivity index (χ1v) is 6.58. The highest BCUT2D eigenvalue weighted by atomic mass is 19.4. The van der Waals surface area contributed by atoms with Crippen molar-refractivity contribution >= 4 is 5.65 Å². The van der Waals surface area contributed by atoms with Gasteiger partial charge in [0, 0.05) is 18.2 Å². The van der Waals surface area contributed by atoms with Gasteiger partial charge in [-0.15, -0.1) is 23.4 Å². The maximum Gasteiger partial charge on any atom is 0.573 e. The minimum Gasteiger partial charge on any atom is -0.406 e. The lowest BCUT2D eigenvalue weighted by atomic mass is 10.1. The van der Waals surface area contributed by atoms with Gasteiger partial charge in [-0.25, -0.2) is 0 Å². The highest BCUT2D eigenvalue weighted by molar-refractivity contribution is 5.60. The van der Waals surface area contributed by atoms with Crippen LogP contribution in [0.15, 0.2) is 36.7 Å². The fraction of sp³-hybridized carbons (Fsp3) is 0.214. The van der Waals surface area contributed by atoms with Gasteiger partial charge in [0.05, 0.1) is 18.6 Å². The molecular formula is C14H10F4N4O. The molecule has 0 saturated carbocycles. The summed E-state index contributed by atoms with van der Waals surface area (Å²) in [6, 6.07) is 5.30. The van der Waals surface area contributed by atoms with Gasteiger partial charge in [-0.05, 0) is 24.3 Å². The van der Waals surface area contributed by atoms with Gasteiger partial charge in [0.15, 0.2) is 5.65 Å². The van der Waals surface area contributed by atoms with E-state index in [1.54, 1.807) is 10.6 Å². The summed E-state index contributed by atoms with van der Waals surface area (Å²) in [6.07, 6.45) is -1.55. The Morgan fingerprint density at radius 1 is 1.09 bits per heavy atom. The average Bonchev–Trinajstić information content (AvgIpc) is 2.89. The van der Waals surface area contributed by atoms with Crippen molar-refractivity contribution in [1.82, 2.24) is 19.6 Å².